The molecule has 20 heavy (non-hydrogen) atoms. The molecule has 2 aromatic heterocycles. The first kappa shape index (κ1) is 12.2. The number of nitrogens with two attached hydrogens (primary N) is 1. The molecule has 0 fully saturated rings. The molecule has 0 unspecified atom stereocenters. The molecule has 0 bridgehead atoms. The Balaban J connectivity index is 2.22. The molecule has 0 spiro atoms. The van der Waals surface area contributed by atoms with Crippen molar-refractivity contribution < 1.29 is 13.3 Å². The summed E-state index contributed by atoms with van der Waals surface area (Å²) in [7, 11) is 0. The van der Waals surface area contributed by atoms with Crippen LogP contribution in [-0.2, 0) is 0 Å². The van der Waals surface area contributed by atoms with Gasteiger partial charge < -0.3 is 10.3 Å². The number of nitrogens with zero attached hydrogens (tertiary/aromatic N) is 3. The second-order valence-corrected chi connectivity index (χ2v) is 4.00. The minimum Gasteiger partial charge on any atom is -0.380 e. The third kappa shape index (κ3) is 2.09. The van der Waals surface area contributed by atoms with Gasteiger partial charge in [0, 0.05) is 18.5 Å². The Morgan fingerprint density at radius 3 is 2.30 bits per heavy atom. The molecule has 5 nitrogen and oxygen atoms in total. The Labute approximate surface area is 112 Å². The third-order valence-corrected chi connectivity index (χ3v) is 2.64. The average Bonchev–Trinajstić information content (AvgIpc) is 2.80. The second kappa shape index (κ2) is 4.69. The third-order valence-electron chi connectivity index (χ3n) is 2.64. The molecule has 3 rings (SSSR count). The zero-order chi connectivity index (χ0) is 14.1. The van der Waals surface area contributed by atoms with Gasteiger partial charge in [-0.25, -0.2) is 18.7 Å². The molecular formula is C13H8F2N4O. The van der Waals surface area contributed by atoms with Crippen molar-refractivity contribution in [3.8, 4) is 22.7 Å². The van der Waals surface area contributed by atoms with E-state index < -0.39 is 11.6 Å². The summed E-state index contributed by atoms with van der Waals surface area (Å²) in [5.74, 6) is -1.04. The Hall–Kier alpha value is -2.83. The number of aromatic nitrogens is 3. The number of rotatable bonds is 2. The van der Waals surface area contributed by atoms with Gasteiger partial charge in [-0.15, -0.1) is 0 Å². The Morgan fingerprint density at radius 2 is 1.65 bits per heavy atom. The zero-order valence-electron chi connectivity index (χ0n) is 10.0. The van der Waals surface area contributed by atoms with Gasteiger partial charge in [0.15, 0.2) is 11.6 Å². The van der Waals surface area contributed by atoms with E-state index in [4.69, 9.17) is 10.3 Å². The lowest BCUT2D eigenvalue weighted by molar-refractivity contribution is 0.433. The Morgan fingerprint density at radius 1 is 1.00 bits per heavy atom. The predicted octanol–water partition coefficient (Wildman–Crippen LogP) is 2.66. The first-order chi connectivity index (χ1) is 9.65. The standard InChI is InChI=1S/C13H8F2N4O/c14-8-4-7(5-9(15)6-8)10-11(20-19-12(10)16)13-17-2-1-3-18-13/h1-6H,(H2,16,19). The summed E-state index contributed by atoms with van der Waals surface area (Å²) in [6, 6.07) is 4.67. The molecular weight excluding hydrogens is 266 g/mol. The molecule has 2 N–H and O–H groups in total. The highest BCUT2D eigenvalue weighted by Gasteiger charge is 2.20. The van der Waals surface area contributed by atoms with Crippen molar-refractivity contribution in [2.75, 3.05) is 5.73 Å². The van der Waals surface area contributed by atoms with Gasteiger partial charge in [-0.3, -0.25) is 0 Å². The van der Waals surface area contributed by atoms with Crippen LogP contribution in [0.3, 0.4) is 0 Å². The molecule has 0 atom stereocenters. The molecule has 0 radical (unpaired) electrons. The zero-order valence-corrected chi connectivity index (χ0v) is 10.0. The highest BCUT2D eigenvalue weighted by molar-refractivity contribution is 5.84. The second-order valence-electron chi connectivity index (χ2n) is 4.00. The highest BCUT2D eigenvalue weighted by Crippen LogP contribution is 2.35. The maximum absolute atomic E-state index is 13.3. The van der Waals surface area contributed by atoms with Crippen molar-refractivity contribution in [2.24, 2.45) is 0 Å². The number of hydrogen-bond acceptors (Lipinski definition) is 5. The van der Waals surface area contributed by atoms with Crippen LogP contribution in [-0.4, -0.2) is 15.1 Å². The minimum atomic E-state index is -0.722. The lowest BCUT2D eigenvalue weighted by atomic mass is 10.1. The summed E-state index contributed by atoms with van der Waals surface area (Å²) >= 11 is 0. The molecule has 0 saturated heterocycles. The van der Waals surface area contributed by atoms with E-state index in [0.29, 0.717) is 0 Å². The normalized spacial score (nSPS) is 10.7. The fourth-order valence-corrected chi connectivity index (χ4v) is 1.85. The molecule has 0 amide bonds. The van der Waals surface area contributed by atoms with E-state index in [2.05, 4.69) is 15.1 Å². The van der Waals surface area contributed by atoms with Crippen LogP contribution >= 0.6 is 0 Å². The van der Waals surface area contributed by atoms with Gasteiger partial charge in [0.25, 0.3) is 0 Å². The van der Waals surface area contributed by atoms with Gasteiger partial charge in [-0.2, -0.15) is 0 Å². The Bertz CT molecular complexity index is 738. The average molecular weight is 274 g/mol. The number of halogens is 2. The maximum atomic E-state index is 13.3. The largest absolute Gasteiger partial charge is 0.380 e. The molecule has 3 aromatic rings. The monoisotopic (exact) mass is 274 g/mol. The van der Waals surface area contributed by atoms with Crippen molar-refractivity contribution in [3.63, 3.8) is 0 Å². The predicted molar refractivity (Wildman–Crippen MR) is 67.3 cm³/mol. The molecule has 2 heterocycles. The van der Waals surface area contributed by atoms with Crippen molar-refractivity contribution >= 4 is 5.82 Å². The van der Waals surface area contributed by atoms with Gasteiger partial charge in [0.05, 0.1) is 5.56 Å². The van der Waals surface area contributed by atoms with Gasteiger partial charge in [0.1, 0.15) is 11.6 Å². The van der Waals surface area contributed by atoms with Gasteiger partial charge in [-0.1, -0.05) is 5.16 Å². The van der Waals surface area contributed by atoms with Gasteiger partial charge in [-0.05, 0) is 23.8 Å². The topological polar surface area (TPSA) is 77.8 Å². The summed E-state index contributed by atoms with van der Waals surface area (Å²) in [4.78, 5) is 8.01. The summed E-state index contributed by atoms with van der Waals surface area (Å²) in [5.41, 5.74) is 6.18. The minimum absolute atomic E-state index is 0.0115. The van der Waals surface area contributed by atoms with Crippen LogP contribution in [0.5, 0.6) is 0 Å². The van der Waals surface area contributed by atoms with Crippen LogP contribution in [0.2, 0.25) is 0 Å². The van der Waals surface area contributed by atoms with Gasteiger partial charge >= 0.3 is 0 Å². The SMILES string of the molecule is Nc1noc(-c2ncccn2)c1-c1cc(F)cc(F)c1. The number of anilines is 1. The number of benzene rings is 1. The fourth-order valence-electron chi connectivity index (χ4n) is 1.85. The quantitative estimate of drug-likeness (QED) is 0.777. The van der Waals surface area contributed by atoms with Crippen LogP contribution in [0.4, 0.5) is 14.6 Å². The van der Waals surface area contributed by atoms with E-state index in [0.717, 1.165) is 18.2 Å². The van der Waals surface area contributed by atoms with Crippen LogP contribution in [0, 0.1) is 11.6 Å². The van der Waals surface area contributed by atoms with Gasteiger partial charge in [0.2, 0.25) is 5.76 Å². The van der Waals surface area contributed by atoms with Crippen LogP contribution in [0.15, 0.2) is 41.2 Å². The lowest BCUT2D eigenvalue weighted by Gasteiger charge is -2.02. The molecule has 0 saturated carbocycles. The van der Waals surface area contributed by atoms with E-state index in [1.54, 1.807) is 6.07 Å². The summed E-state index contributed by atoms with van der Waals surface area (Å²) in [6.07, 6.45) is 3.02. The molecule has 7 heteroatoms. The smallest absolute Gasteiger partial charge is 0.214 e. The Kier molecular flexibility index (Phi) is 2.86. The molecule has 0 aliphatic heterocycles. The fraction of sp³-hybridized carbons (Fsp3) is 0. The van der Waals surface area contributed by atoms with E-state index in [1.165, 1.54) is 12.4 Å². The number of nitrogen functional groups attached to an aromatic ring is 1. The summed E-state index contributed by atoms with van der Waals surface area (Å²) in [5, 5.41) is 3.61. The number of hydrogen-bond donors (Lipinski definition) is 1. The summed E-state index contributed by atoms with van der Waals surface area (Å²) in [6.45, 7) is 0. The van der Waals surface area contributed by atoms with Crippen molar-refractivity contribution in [2.45, 2.75) is 0 Å². The van der Waals surface area contributed by atoms with Crippen molar-refractivity contribution in [3.05, 3.63) is 48.3 Å². The highest BCUT2D eigenvalue weighted by atomic mass is 19.1. The molecule has 0 aliphatic carbocycles. The molecule has 100 valence electrons. The maximum Gasteiger partial charge on any atom is 0.214 e. The van der Waals surface area contributed by atoms with Crippen molar-refractivity contribution in [1.29, 1.82) is 0 Å². The summed E-state index contributed by atoms with van der Waals surface area (Å²) < 4.78 is 31.7. The van der Waals surface area contributed by atoms with Crippen LogP contribution in [0.25, 0.3) is 22.7 Å². The van der Waals surface area contributed by atoms with E-state index in [-0.39, 0.29) is 28.5 Å². The van der Waals surface area contributed by atoms with E-state index in [9.17, 15) is 8.78 Å². The van der Waals surface area contributed by atoms with Crippen LogP contribution < -0.4 is 5.73 Å². The van der Waals surface area contributed by atoms with E-state index >= 15 is 0 Å². The molecule has 0 aliphatic rings. The first-order valence-electron chi connectivity index (χ1n) is 5.64. The lowest BCUT2D eigenvalue weighted by Crippen LogP contribution is -1.92. The molecule has 1 aromatic carbocycles. The van der Waals surface area contributed by atoms with E-state index in [1.807, 2.05) is 0 Å². The van der Waals surface area contributed by atoms with Crippen molar-refractivity contribution in [1.82, 2.24) is 15.1 Å². The van der Waals surface area contributed by atoms with Crippen LogP contribution in [0.1, 0.15) is 0 Å². The first-order valence-corrected chi connectivity index (χ1v) is 5.64.